The van der Waals surface area contributed by atoms with Gasteiger partial charge in [0.2, 0.25) is 0 Å². The molecule has 1 fully saturated rings. The fourth-order valence-electron chi connectivity index (χ4n) is 3.66. The van der Waals surface area contributed by atoms with Crippen molar-refractivity contribution in [2.24, 2.45) is 0 Å². The van der Waals surface area contributed by atoms with Crippen molar-refractivity contribution in [3.8, 4) is 11.4 Å². The van der Waals surface area contributed by atoms with Crippen LogP contribution in [0.1, 0.15) is 30.3 Å². The summed E-state index contributed by atoms with van der Waals surface area (Å²) in [4.78, 5) is 29.0. The average Bonchev–Trinajstić information content (AvgIpc) is 3.22. The molecule has 0 spiro atoms. The third-order valence-electron chi connectivity index (χ3n) is 5.11. The predicted molar refractivity (Wildman–Crippen MR) is 105 cm³/mol. The van der Waals surface area contributed by atoms with E-state index in [0.717, 1.165) is 19.4 Å². The lowest BCUT2D eigenvalue weighted by atomic mass is 10.1. The number of nitro benzene ring substituents is 1. The van der Waals surface area contributed by atoms with E-state index in [1.54, 1.807) is 48.9 Å². The van der Waals surface area contributed by atoms with Gasteiger partial charge >= 0.3 is 0 Å². The number of nitrogens with one attached hydrogen (secondary N) is 1. The van der Waals surface area contributed by atoms with E-state index >= 15 is 0 Å². The summed E-state index contributed by atoms with van der Waals surface area (Å²) in [6.45, 7) is 2.52. The lowest BCUT2D eigenvalue weighted by Gasteiger charge is -2.18. The first-order chi connectivity index (χ1) is 13.5. The summed E-state index contributed by atoms with van der Waals surface area (Å²) in [7, 11) is 1.58. The van der Waals surface area contributed by atoms with Gasteiger partial charge in [-0.15, -0.1) is 0 Å². The van der Waals surface area contributed by atoms with Crippen LogP contribution in [0.15, 0.2) is 41.2 Å². The summed E-state index contributed by atoms with van der Waals surface area (Å²) in [6.07, 6.45) is 1.88. The molecule has 8 nitrogen and oxygen atoms in total. The second-order valence-electron chi connectivity index (χ2n) is 6.87. The molecule has 0 radical (unpaired) electrons. The van der Waals surface area contributed by atoms with Crippen molar-refractivity contribution in [2.75, 3.05) is 13.7 Å². The van der Waals surface area contributed by atoms with E-state index in [2.05, 4.69) is 5.32 Å². The van der Waals surface area contributed by atoms with Crippen LogP contribution in [0.25, 0.3) is 16.6 Å². The maximum atomic E-state index is 13.4. The van der Waals surface area contributed by atoms with Crippen molar-refractivity contribution in [1.82, 2.24) is 14.9 Å². The number of fused-ring (bicyclic) bond motifs is 1. The Bertz CT molecular complexity index is 1120. The molecule has 144 valence electrons. The highest BCUT2D eigenvalue weighted by molar-refractivity contribution is 5.82. The summed E-state index contributed by atoms with van der Waals surface area (Å²) < 4.78 is 6.75. The largest absolute Gasteiger partial charge is 0.497 e. The van der Waals surface area contributed by atoms with E-state index in [1.165, 1.54) is 6.07 Å². The number of aryl methyl sites for hydroxylation is 1. The Morgan fingerprint density at radius 1 is 1.29 bits per heavy atom. The van der Waals surface area contributed by atoms with Crippen molar-refractivity contribution in [3.05, 3.63) is 68.3 Å². The van der Waals surface area contributed by atoms with Crippen molar-refractivity contribution in [1.29, 1.82) is 0 Å². The van der Waals surface area contributed by atoms with E-state index in [9.17, 15) is 14.9 Å². The van der Waals surface area contributed by atoms with Gasteiger partial charge < -0.3 is 10.1 Å². The number of ether oxygens (including phenoxy) is 1. The summed E-state index contributed by atoms with van der Waals surface area (Å²) >= 11 is 0. The standard InChI is InChI=1S/C20H20N4O4/c1-12-10-17-15(11-18(12)24(26)27)20(25)23(13-5-7-14(28-2)8-6-13)19(22-17)16-4-3-9-21-16/h5-8,10-11,16,21H,3-4,9H2,1-2H3. The van der Waals surface area contributed by atoms with Gasteiger partial charge in [-0.2, -0.15) is 0 Å². The number of nitrogens with zero attached hydrogens (tertiary/aromatic N) is 3. The topological polar surface area (TPSA) is 99.3 Å². The molecule has 2 heterocycles. The highest BCUT2D eigenvalue weighted by Crippen LogP contribution is 2.28. The van der Waals surface area contributed by atoms with Gasteiger partial charge in [-0.1, -0.05) is 0 Å². The zero-order chi connectivity index (χ0) is 19.8. The fourth-order valence-corrected chi connectivity index (χ4v) is 3.66. The maximum Gasteiger partial charge on any atom is 0.273 e. The Labute approximate surface area is 160 Å². The van der Waals surface area contributed by atoms with Gasteiger partial charge in [0.25, 0.3) is 11.2 Å². The van der Waals surface area contributed by atoms with E-state index < -0.39 is 4.92 Å². The Morgan fingerprint density at radius 3 is 2.64 bits per heavy atom. The molecule has 1 N–H and O–H groups in total. The van der Waals surface area contributed by atoms with Crippen molar-refractivity contribution in [3.63, 3.8) is 0 Å². The molecule has 0 aliphatic carbocycles. The van der Waals surface area contributed by atoms with Crippen molar-refractivity contribution >= 4 is 16.6 Å². The van der Waals surface area contributed by atoms with Crippen molar-refractivity contribution < 1.29 is 9.66 Å². The number of rotatable bonds is 4. The van der Waals surface area contributed by atoms with Gasteiger partial charge in [0.1, 0.15) is 11.6 Å². The molecule has 0 bridgehead atoms. The van der Waals surface area contributed by atoms with Crippen LogP contribution in [-0.2, 0) is 0 Å². The molecule has 28 heavy (non-hydrogen) atoms. The lowest BCUT2D eigenvalue weighted by molar-refractivity contribution is -0.385. The normalized spacial score (nSPS) is 16.4. The third kappa shape index (κ3) is 3.01. The van der Waals surface area contributed by atoms with Crippen LogP contribution in [0, 0.1) is 17.0 Å². The first-order valence-corrected chi connectivity index (χ1v) is 9.09. The third-order valence-corrected chi connectivity index (χ3v) is 5.11. The molecule has 0 saturated carbocycles. The van der Waals surface area contributed by atoms with Crippen LogP contribution in [0.3, 0.4) is 0 Å². The van der Waals surface area contributed by atoms with Crippen LogP contribution in [-0.4, -0.2) is 28.1 Å². The summed E-state index contributed by atoms with van der Waals surface area (Å²) in [5, 5.41) is 14.9. The predicted octanol–water partition coefficient (Wildman–Crippen LogP) is 3.04. The summed E-state index contributed by atoms with van der Waals surface area (Å²) in [5.74, 6) is 1.30. The zero-order valence-corrected chi connectivity index (χ0v) is 15.6. The minimum absolute atomic E-state index is 0.0466. The second kappa shape index (κ2) is 7.05. The molecule has 1 saturated heterocycles. The molecule has 1 atom stereocenters. The molecule has 1 aliphatic rings. The molecule has 1 aliphatic heterocycles. The molecular formula is C20H20N4O4. The molecule has 1 unspecified atom stereocenters. The van der Waals surface area contributed by atoms with Gasteiger partial charge in [-0.25, -0.2) is 4.98 Å². The van der Waals surface area contributed by atoms with Gasteiger partial charge in [0.05, 0.1) is 34.7 Å². The van der Waals surface area contributed by atoms with E-state index in [0.29, 0.717) is 28.3 Å². The molecule has 1 aromatic heterocycles. The van der Waals surface area contributed by atoms with Gasteiger partial charge in [-0.3, -0.25) is 19.5 Å². The van der Waals surface area contributed by atoms with Gasteiger partial charge in [0.15, 0.2) is 0 Å². The highest BCUT2D eigenvalue weighted by atomic mass is 16.6. The Balaban J connectivity index is 2.02. The van der Waals surface area contributed by atoms with Crippen LogP contribution in [0.2, 0.25) is 0 Å². The average molecular weight is 380 g/mol. The van der Waals surface area contributed by atoms with Crippen LogP contribution < -0.4 is 15.6 Å². The molecule has 3 aromatic rings. The van der Waals surface area contributed by atoms with E-state index in [1.807, 2.05) is 0 Å². The monoisotopic (exact) mass is 380 g/mol. The van der Waals surface area contributed by atoms with Gasteiger partial charge in [-0.05, 0) is 56.6 Å². The van der Waals surface area contributed by atoms with Crippen molar-refractivity contribution in [2.45, 2.75) is 25.8 Å². The van der Waals surface area contributed by atoms with E-state index in [4.69, 9.17) is 9.72 Å². The number of methoxy groups -OCH3 is 1. The van der Waals surface area contributed by atoms with Crippen LogP contribution >= 0.6 is 0 Å². The number of hydrogen-bond donors (Lipinski definition) is 1. The molecular weight excluding hydrogens is 360 g/mol. The molecule has 8 heteroatoms. The number of nitro groups is 1. The quantitative estimate of drug-likeness (QED) is 0.552. The Morgan fingerprint density at radius 2 is 2.04 bits per heavy atom. The molecule has 0 amide bonds. The zero-order valence-electron chi connectivity index (χ0n) is 15.6. The van der Waals surface area contributed by atoms with Crippen LogP contribution in [0.5, 0.6) is 5.75 Å². The SMILES string of the molecule is COc1ccc(-n2c(C3CCCN3)nc3cc(C)c([N+](=O)[O-])cc3c2=O)cc1. The second-order valence-corrected chi connectivity index (χ2v) is 6.87. The minimum atomic E-state index is -0.474. The smallest absolute Gasteiger partial charge is 0.273 e. The molecule has 4 rings (SSSR count). The first kappa shape index (κ1) is 18.1. The fraction of sp³-hybridized carbons (Fsp3) is 0.300. The number of aromatic nitrogens is 2. The number of benzene rings is 2. The molecule has 2 aromatic carbocycles. The Hall–Kier alpha value is -3.26. The van der Waals surface area contributed by atoms with E-state index in [-0.39, 0.29) is 22.7 Å². The number of hydrogen-bond acceptors (Lipinski definition) is 6. The van der Waals surface area contributed by atoms with Gasteiger partial charge in [0, 0.05) is 11.6 Å². The van der Waals surface area contributed by atoms with Crippen LogP contribution in [0.4, 0.5) is 5.69 Å². The Kier molecular flexibility index (Phi) is 4.56. The summed E-state index contributed by atoms with van der Waals surface area (Å²) in [6, 6.07) is 10.0. The highest BCUT2D eigenvalue weighted by Gasteiger charge is 2.25. The first-order valence-electron chi connectivity index (χ1n) is 9.09. The minimum Gasteiger partial charge on any atom is -0.497 e. The maximum absolute atomic E-state index is 13.4. The summed E-state index contributed by atoms with van der Waals surface area (Å²) in [5.41, 5.74) is 1.20. The lowest BCUT2D eigenvalue weighted by Crippen LogP contribution is -2.28.